The second-order valence-corrected chi connectivity index (χ2v) is 3.66. The lowest BCUT2D eigenvalue weighted by Gasteiger charge is -2.19. The Bertz CT molecular complexity index is 397. The fourth-order valence-corrected chi connectivity index (χ4v) is 1.12. The molecule has 0 aliphatic carbocycles. The van der Waals surface area contributed by atoms with Gasteiger partial charge in [-0.25, -0.2) is 0 Å². The van der Waals surface area contributed by atoms with E-state index >= 15 is 0 Å². The average Bonchev–Trinajstić information content (AvgIpc) is 2.17. The average molecular weight is 188 g/mol. The molecular formula is C12H12O2. The number of hydrogen-bond donors (Lipinski definition) is 1. The van der Waals surface area contributed by atoms with E-state index < -0.39 is 11.4 Å². The zero-order chi connectivity index (χ0) is 10.8. The molecule has 0 aliphatic heterocycles. The smallest absolute Gasteiger partial charge is 0.313 e. The molecule has 0 fully saturated rings. The molecule has 2 heteroatoms. The van der Waals surface area contributed by atoms with Crippen LogP contribution in [0.4, 0.5) is 0 Å². The van der Waals surface area contributed by atoms with E-state index in [0.717, 1.165) is 5.56 Å². The summed E-state index contributed by atoms with van der Waals surface area (Å²) in [6.07, 6.45) is 5.24. The number of aliphatic carboxylic acids is 1. The quantitative estimate of drug-likeness (QED) is 0.721. The molecule has 0 radical (unpaired) electrons. The monoisotopic (exact) mass is 188 g/mol. The molecule has 1 aromatic rings. The lowest BCUT2D eigenvalue weighted by molar-refractivity contribution is -0.142. The SMILES string of the molecule is C#Cc1cccc(C(C)(C)C(=O)O)c1. The van der Waals surface area contributed by atoms with Gasteiger partial charge in [-0.05, 0) is 31.5 Å². The van der Waals surface area contributed by atoms with E-state index in [-0.39, 0.29) is 0 Å². The molecule has 0 saturated heterocycles. The van der Waals surface area contributed by atoms with Gasteiger partial charge < -0.3 is 5.11 Å². The lowest BCUT2D eigenvalue weighted by Crippen LogP contribution is -2.28. The van der Waals surface area contributed by atoms with Gasteiger partial charge in [0.25, 0.3) is 0 Å². The number of hydrogen-bond acceptors (Lipinski definition) is 1. The van der Waals surface area contributed by atoms with E-state index in [1.54, 1.807) is 38.1 Å². The molecule has 0 spiro atoms. The molecule has 0 bridgehead atoms. The van der Waals surface area contributed by atoms with Crippen molar-refractivity contribution in [2.24, 2.45) is 0 Å². The Labute approximate surface area is 83.6 Å². The van der Waals surface area contributed by atoms with Crippen LogP contribution in [0, 0.1) is 12.3 Å². The Kier molecular flexibility index (Phi) is 2.62. The Morgan fingerprint density at radius 3 is 2.64 bits per heavy atom. The number of carbonyl (C=O) groups is 1. The van der Waals surface area contributed by atoms with Gasteiger partial charge >= 0.3 is 5.97 Å². The highest BCUT2D eigenvalue weighted by molar-refractivity contribution is 5.80. The van der Waals surface area contributed by atoms with E-state index in [4.69, 9.17) is 11.5 Å². The van der Waals surface area contributed by atoms with Crippen molar-refractivity contribution in [3.8, 4) is 12.3 Å². The Hall–Kier alpha value is -1.75. The number of benzene rings is 1. The van der Waals surface area contributed by atoms with Crippen LogP contribution in [0.2, 0.25) is 0 Å². The van der Waals surface area contributed by atoms with Crippen molar-refractivity contribution in [1.29, 1.82) is 0 Å². The van der Waals surface area contributed by atoms with Crippen LogP contribution in [0.5, 0.6) is 0 Å². The second-order valence-electron chi connectivity index (χ2n) is 3.66. The minimum absolute atomic E-state index is 0.705. The molecule has 1 N–H and O–H groups in total. The van der Waals surface area contributed by atoms with E-state index in [9.17, 15) is 4.79 Å². The third-order valence-corrected chi connectivity index (χ3v) is 2.29. The third-order valence-electron chi connectivity index (χ3n) is 2.29. The van der Waals surface area contributed by atoms with Crippen molar-refractivity contribution in [1.82, 2.24) is 0 Å². The zero-order valence-electron chi connectivity index (χ0n) is 8.24. The molecule has 0 aromatic heterocycles. The maximum atomic E-state index is 11.0. The van der Waals surface area contributed by atoms with E-state index in [0.29, 0.717) is 5.56 Å². The topological polar surface area (TPSA) is 37.3 Å². The summed E-state index contributed by atoms with van der Waals surface area (Å²) in [6, 6.07) is 7.06. The first-order valence-corrected chi connectivity index (χ1v) is 4.29. The summed E-state index contributed by atoms with van der Waals surface area (Å²) in [6.45, 7) is 3.32. The molecule has 0 aliphatic rings. The van der Waals surface area contributed by atoms with Crippen molar-refractivity contribution >= 4 is 5.97 Å². The fraction of sp³-hybridized carbons (Fsp3) is 0.250. The van der Waals surface area contributed by atoms with Gasteiger partial charge in [0.1, 0.15) is 0 Å². The lowest BCUT2D eigenvalue weighted by atomic mass is 9.84. The van der Waals surface area contributed by atoms with Gasteiger partial charge in [0, 0.05) is 5.56 Å². The van der Waals surface area contributed by atoms with Gasteiger partial charge in [-0.15, -0.1) is 6.42 Å². The fourth-order valence-electron chi connectivity index (χ4n) is 1.12. The minimum Gasteiger partial charge on any atom is -0.481 e. The van der Waals surface area contributed by atoms with Gasteiger partial charge in [0.2, 0.25) is 0 Å². The summed E-state index contributed by atoms with van der Waals surface area (Å²) in [5, 5.41) is 9.01. The molecule has 0 unspecified atom stereocenters. The first kappa shape index (κ1) is 10.3. The maximum Gasteiger partial charge on any atom is 0.313 e. The van der Waals surface area contributed by atoms with Crippen LogP contribution in [-0.4, -0.2) is 11.1 Å². The first-order valence-electron chi connectivity index (χ1n) is 4.29. The van der Waals surface area contributed by atoms with Crippen molar-refractivity contribution in [3.05, 3.63) is 35.4 Å². The number of carboxylic acid groups (broad SMARTS) is 1. The van der Waals surface area contributed by atoms with Gasteiger partial charge in [-0.3, -0.25) is 4.79 Å². The zero-order valence-corrected chi connectivity index (χ0v) is 8.24. The summed E-state index contributed by atoms with van der Waals surface area (Å²) in [5.41, 5.74) is 0.532. The molecule has 2 nitrogen and oxygen atoms in total. The van der Waals surface area contributed by atoms with Gasteiger partial charge in [0.05, 0.1) is 5.41 Å². The standard InChI is InChI=1S/C12H12O2/c1-4-9-6-5-7-10(8-9)12(2,3)11(13)14/h1,5-8H,2-3H3,(H,13,14). The molecule has 1 rings (SSSR count). The number of rotatable bonds is 2. The van der Waals surface area contributed by atoms with Crippen LogP contribution in [0.25, 0.3) is 0 Å². The Morgan fingerprint density at radius 2 is 2.14 bits per heavy atom. The van der Waals surface area contributed by atoms with E-state index in [1.807, 2.05) is 0 Å². The molecular weight excluding hydrogens is 176 g/mol. The van der Waals surface area contributed by atoms with Gasteiger partial charge in [-0.2, -0.15) is 0 Å². The van der Waals surface area contributed by atoms with Crippen LogP contribution in [0.3, 0.4) is 0 Å². The number of terminal acetylenes is 1. The third kappa shape index (κ3) is 1.77. The van der Waals surface area contributed by atoms with Crippen LogP contribution in [0.1, 0.15) is 25.0 Å². The van der Waals surface area contributed by atoms with Crippen molar-refractivity contribution in [2.75, 3.05) is 0 Å². The maximum absolute atomic E-state index is 11.0. The van der Waals surface area contributed by atoms with Gasteiger partial charge in [0.15, 0.2) is 0 Å². The molecule has 0 heterocycles. The highest BCUT2D eigenvalue weighted by Gasteiger charge is 2.29. The predicted octanol–water partition coefficient (Wildman–Crippen LogP) is 2.03. The molecule has 0 saturated carbocycles. The highest BCUT2D eigenvalue weighted by Crippen LogP contribution is 2.23. The summed E-state index contributed by atoms with van der Waals surface area (Å²) >= 11 is 0. The van der Waals surface area contributed by atoms with Crippen molar-refractivity contribution in [2.45, 2.75) is 19.3 Å². The van der Waals surface area contributed by atoms with E-state index in [2.05, 4.69) is 5.92 Å². The van der Waals surface area contributed by atoms with Crippen LogP contribution < -0.4 is 0 Å². The highest BCUT2D eigenvalue weighted by atomic mass is 16.4. The second kappa shape index (κ2) is 3.55. The largest absolute Gasteiger partial charge is 0.481 e. The normalized spacial score (nSPS) is 10.6. The number of carboxylic acids is 1. The van der Waals surface area contributed by atoms with Crippen LogP contribution >= 0.6 is 0 Å². The Morgan fingerprint density at radius 1 is 1.50 bits per heavy atom. The summed E-state index contributed by atoms with van der Waals surface area (Å²) in [7, 11) is 0. The van der Waals surface area contributed by atoms with Crippen LogP contribution in [0.15, 0.2) is 24.3 Å². The van der Waals surface area contributed by atoms with Crippen molar-refractivity contribution in [3.63, 3.8) is 0 Å². The summed E-state index contributed by atoms with van der Waals surface area (Å²) in [5.74, 6) is 1.63. The summed E-state index contributed by atoms with van der Waals surface area (Å²) < 4.78 is 0. The van der Waals surface area contributed by atoms with Crippen LogP contribution in [-0.2, 0) is 10.2 Å². The van der Waals surface area contributed by atoms with Gasteiger partial charge in [-0.1, -0.05) is 18.1 Å². The Balaban J connectivity index is 3.21. The molecule has 1 aromatic carbocycles. The summed E-state index contributed by atoms with van der Waals surface area (Å²) in [4.78, 5) is 11.0. The van der Waals surface area contributed by atoms with Crippen molar-refractivity contribution < 1.29 is 9.90 Å². The van der Waals surface area contributed by atoms with E-state index in [1.165, 1.54) is 0 Å². The molecule has 0 amide bonds. The first-order chi connectivity index (χ1) is 6.48. The molecule has 14 heavy (non-hydrogen) atoms. The minimum atomic E-state index is -0.896. The predicted molar refractivity (Wildman–Crippen MR) is 55.0 cm³/mol. The molecule has 0 atom stereocenters. The molecule has 72 valence electrons.